The van der Waals surface area contributed by atoms with Gasteiger partial charge in [0.05, 0.1) is 11.5 Å². The number of carbonyl (C=O) groups is 2. The Labute approximate surface area is 123 Å². The van der Waals surface area contributed by atoms with Gasteiger partial charge < -0.3 is 14.8 Å². The van der Waals surface area contributed by atoms with E-state index in [-0.39, 0.29) is 17.9 Å². The molecule has 1 amide bonds. The molecule has 4 unspecified atom stereocenters. The van der Waals surface area contributed by atoms with Crippen molar-refractivity contribution in [2.24, 2.45) is 17.8 Å². The van der Waals surface area contributed by atoms with Gasteiger partial charge in [0.1, 0.15) is 11.5 Å². The Morgan fingerprint density at radius 2 is 1.81 bits per heavy atom. The molecular weight excluding hydrogens is 270 g/mol. The molecule has 21 heavy (non-hydrogen) atoms. The van der Waals surface area contributed by atoms with Gasteiger partial charge in [-0.1, -0.05) is 0 Å². The van der Waals surface area contributed by atoms with Crippen molar-refractivity contribution in [2.45, 2.75) is 46.1 Å². The number of hydrogen-bond acceptors (Lipinski definition) is 3. The molecule has 5 nitrogen and oxygen atoms in total. The predicted octanol–water partition coefficient (Wildman–Crippen LogP) is 2.43. The number of carbonyl (C=O) groups excluding carboxylic acids is 1. The molecule has 3 rings (SSSR count). The van der Waals surface area contributed by atoms with Gasteiger partial charge in [-0.25, -0.2) is 0 Å². The molecule has 2 fully saturated rings. The third-order valence-corrected chi connectivity index (χ3v) is 5.29. The van der Waals surface area contributed by atoms with Crippen LogP contribution in [0.4, 0.5) is 0 Å². The Balaban J connectivity index is 1.83. The fourth-order valence-electron chi connectivity index (χ4n) is 4.21. The molecule has 5 heteroatoms. The molecule has 0 radical (unpaired) electrons. The Kier molecular flexibility index (Phi) is 3.30. The number of hydrogen-bond donors (Lipinski definition) is 2. The van der Waals surface area contributed by atoms with Crippen LogP contribution < -0.4 is 5.32 Å². The van der Waals surface area contributed by atoms with Gasteiger partial charge in [-0.3, -0.25) is 9.59 Å². The number of fused-ring (bicyclic) bond motifs is 2. The summed E-state index contributed by atoms with van der Waals surface area (Å²) < 4.78 is 5.49. The van der Waals surface area contributed by atoms with Gasteiger partial charge in [-0.15, -0.1) is 0 Å². The highest BCUT2D eigenvalue weighted by Crippen LogP contribution is 2.48. The first-order valence-electron chi connectivity index (χ1n) is 7.50. The Morgan fingerprint density at radius 3 is 2.38 bits per heavy atom. The van der Waals surface area contributed by atoms with Gasteiger partial charge in [-0.05, 0) is 51.9 Å². The van der Waals surface area contributed by atoms with E-state index >= 15 is 0 Å². The lowest BCUT2D eigenvalue weighted by Gasteiger charge is -2.28. The summed E-state index contributed by atoms with van der Waals surface area (Å²) >= 11 is 0. The zero-order chi connectivity index (χ0) is 15.3. The fourth-order valence-corrected chi connectivity index (χ4v) is 4.21. The highest BCUT2D eigenvalue weighted by molar-refractivity contribution is 5.97. The van der Waals surface area contributed by atoms with Crippen molar-refractivity contribution in [1.82, 2.24) is 5.32 Å². The molecule has 0 spiro atoms. The molecule has 1 aromatic heterocycles. The predicted molar refractivity (Wildman–Crippen MR) is 76.1 cm³/mol. The minimum absolute atomic E-state index is 0.203. The van der Waals surface area contributed by atoms with Crippen LogP contribution in [0.25, 0.3) is 0 Å². The molecule has 0 aromatic carbocycles. The second kappa shape index (κ2) is 4.90. The summed E-state index contributed by atoms with van der Waals surface area (Å²) in [5.41, 5.74) is 1.39. The van der Waals surface area contributed by atoms with Crippen molar-refractivity contribution >= 4 is 11.9 Å². The maximum absolute atomic E-state index is 12.5. The van der Waals surface area contributed by atoms with Crippen molar-refractivity contribution < 1.29 is 19.1 Å². The van der Waals surface area contributed by atoms with Crippen molar-refractivity contribution in [1.29, 1.82) is 0 Å². The largest absolute Gasteiger partial charge is 0.481 e. The summed E-state index contributed by atoms with van der Waals surface area (Å²) in [5.74, 6) is 0.411. The van der Waals surface area contributed by atoms with Crippen molar-refractivity contribution in [3.63, 3.8) is 0 Å². The minimum Gasteiger partial charge on any atom is -0.481 e. The minimum atomic E-state index is -0.788. The van der Waals surface area contributed by atoms with E-state index in [1.54, 1.807) is 6.92 Å². The van der Waals surface area contributed by atoms with E-state index in [0.717, 1.165) is 30.6 Å². The smallest absolute Gasteiger partial charge is 0.308 e. The lowest BCUT2D eigenvalue weighted by molar-refractivity contribution is -0.144. The lowest BCUT2D eigenvalue weighted by Crippen LogP contribution is -2.47. The standard InChI is InChI=1S/C16H21NO4/c1-7-8(2)21-9(3)12(7)15(18)17-14-11-5-4-10(6-11)13(14)16(19)20/h10-11,13-14H,4-6H2,1-3H3,(H,17,18)(H,19,20). The number of amides is 1. The molecule has 1 heterocycles. The number of aliphatic carboxylic acids is 1. The van der Waals surface area contributed by atoms with E-state index in [9.17, 15) is 14.7 Å². The number of nitrogens with one attached hydrogen (secondary N) is 1. The van der Waals surface area contributed by atoms with Crippen LogP contribution in [0, 0.1) is 38.5 Å². The number of rotatable bonds is 3. The molecule has 4 atom stereocenters. The lowest BCUT2D eigenvalue weighted by atomic mass is 9.84. The van der Waals surface area contributed by atoms with E-state index in [1.807, 2.05) is 13.8 Å². The summed E-state index contributed by atoms with van der Waals surface area (Å²) in [4.78, 5) is 24.0. The highest BCUT2D eigenvalue weighted by atomic mass is 16.4. The second-order valence-electron chi connectivity index (χ2n) is 6.41. The molecule has 1 aromatic rings. The number of furan rings is 1. The van der Waals surface area contributed by atoms with Gasteiger partial charge in [0.2, 0.25) is 0 Å². The van der Waals surface area contributed by atoms with Crippen LogP contribution >= 0.6 is 0 Å². The summed E-state index contributed by atoms with van der Waals surface area (Å²) in [6.07, 6.45) is 2.91. The zero-order valence-corrected chi connectivity index (χ0v) is 12.6. The van der Waals surface area contributed by atoms with Crippen LogP contribution in [0.3, 0.4) is 0 Å². The molecular formula is C16H21NO4. The van der Waals surface area contributed by atoms with Crippen LogP contribution in [0.15, 0.2) is 4.42 Å². The maximum atomic E-state index is 12.5. The van der Waals surface area contributed by atoms with Gasteiger partial charge in [0.25, 0.3) is 5.91 Å². The summed E-state index contributed by atoms with van der Waals surface area (Å²) in [6.45, 7) is 5.46. The summed E-state index contributed by atoms with van der Waals surface area (Å²) in [6, 6.07) is -0.247. The van der Waals surface area contributed by atoms with Crippen LogP contribution in [0.1, 0.15) is 46.7 Å². The second-order valence-corrected chi connectivity index (χ2v) is 6.41. The molecule has 0 saturated heterocycles. The molecule has 0 aliphatic heterocycles. The van der Waals surface area contributed by atoms with Gasteiger partial charge >= 0.3 is 5.97 Å². The van der Waals surface area contributed by atoms with E-state index in [1.165, 1.54) is 0 Å². The highest BCUT2D eigenvalue weighted by Gasteiger charge is 2.51. The SMILES string of the molecule is Cc1oc(C)c(C(=O)NC2C3CCC(C3)C2C(=O)O)c1C. The van der Waals surface area contributed by atoms with E-state index in [0.29, 0.717) is 17.2 Å². The molecule has 2 aliphatic carbocycles. The number of carboxylic acids is 1. The molecule has 2 bridgehead atoms. The van der Waals surface area contributed by atoms with Crippen molar-refractivity contribution in [3.05, 3.63) is 22.6 Å². The van der Waals surface area contributed by atoms with Crippen LogP contribution in [-0.2, 0) is 4.79 Å². The molecule has 2 N–H and O–H groups in total. The van der Waals surface area contributed by atoms with Gasteiger partial charge in [0, 0.05) is 11.6 Å². The Morgan fingerprint density at radius 1 is 1.14 bits per heavy atom. The topological polar surface area (TPSA) is 79.5 Å². The number of aryl methyl sites for hydroxylation is 2. The van der Waals surface area contributed by atoms with Gasteiger partial charge in [0.15, 0.2) is 0 Å². The van der Waals surface area contributed by atoms with Crippen LogP contribution in [-0.4, -0.2) is 23.0 Å². The Bertz CT molecular complexity index is 604. The summed E-state index contributed by atoms with van der Waals surface area (Å²) in [5, 5.41) is 12.4. The third kappa shape index (κ3) is 2.15. The normalized spacial score (nSPS) is 30.6. The third-order valence-electron chi connectivity index (χ3n) is 5.29. The maximum Gasteiger partial charge on any atom is 0.308 e. The first-order valence-corrected chi connectivity index (χ1v) is 7.50. The first-order chi connectivity index (χ1) is 9.90. The Hall–Kier alpha value is -1.78. The molecule has 2 aliphatic rings. The van der Waals surface area contributed by atoms with E-state index < -0.39 is 11.9 Å². The zero-order valence-electron chi connectivity index (χ0n) is 12.6. The molecule has 2 saturated carbocycles. The van der Waals surface area contributed by atoms with Crippen LogP contribution in [0.5, 0.6) is 0 Å². The van der Waals surface area contributed by atoms with Gasteiger partial charge in [-0.2, -0.15) is 0 Å². The monoisotopic (exact) mass is 291 g/mol. The average Bonchev–Trinajstić information content (AvgIpc) is 3.04. The fraction of sp³-hybridized carbons (Fsp3) is 0.625. The van der Waals surface area contributed by atoms with E-state index in [2.05, 4.69) is 5.32 Å². The average molecular weight is 291 g/mol. The number of carboxylic acid groups (broad SMARTS) is 1. The first kappa shape index (κ1) is 14.2. The van der Waals surface area contributed by atoms with Crippen molar-refractivity contribution in [2.75, 3.05) is 0 Å². The van der Waals surface area contributed by atoms with Crippen molar-refractivity contribution in [3.8, 4) is 0 Å². The van der Waals surface area contributed by atoms with Crippen LogP contribution in [0.2, 0.25) is 0 Å². The quantitative estimate of drug-likeness (QED) is 0.896. The van der Waals surface area contributed by atoms with E-state index in [4.69, 9.17) is 4.42 Å². The molecule has 114 valence electrons. The summed E-state index contributed by atoms with van der Waals surface area (Å²) in [7, 11) is 0.